The number of nitro groups is 1. The minimum atomic E-state index is -0.532. The zero-order valence-electron chi connectivity index (χ0n) is 6.87. The molecule has 0 atom stereocenters. The molecule has 3 nitrogen and oxygen atoms in total. The Hall–Kier alpha value is -1.53. The van der Waals surface area contributed by atoms with Gasteiger partial charge in [0.1, 0.15) is 5.02 Å². The largest absolute Gasteiger partial charge is 0.288 e. The lowest BCUT2D eigenvalue weighted by atomic mass is 10.1. The lowest BCUT2D eigenvalue weighted by Gasteiger charge is -1.99. The van der Waals surface area contributed by atoms with Crippen molar-refractivity contribution in [1.82, 2.24) is 0 Å². The molecule has 0 aliphatic rings. The summed E-state index contributed by atoms with van der Waals surface area (Å²) in [4.78, 5) is 9.91. The van der Waals surface area contributed by atoms with E-state index < -0.39 is 4.92 Å². The quantitative estimate of drug-likeness (QED) is 0.393. The molecule has 0 saturated carbocycles. The highest BCUT2D eigenvalue weighted by atomic mass is 35.5. The summed E-state index contributed by atoms with van der Waals surface area (Å²) in [6.45, 7) is 1.71. The van der Waals surface area contributed by atoms with Crippen LogP contribution in [0.3, 0.4) is 0 Å². The Labute approximate surface area is 80.5 Å². The monoisotopic (exact) mass is 195 g/mol. The molecule has 4 heteroatoms. The van der Waals surface area contributed by atoms with Crippen LogP contribution in [-0.2, 0) is 0 Å². The third-order valence-corrected chi connectivity index (χ3v) is 1.95. The van der Waals surface area contributed by atoms with Crippen LogP contribution in [0, 0.1) is 29.4 Å². The number of rotatable bonds is 1. The molecule has 0 heterocycles. The average molecular weight is 196 g/mol. The molecule has 0 radical (unpaired) electrons. The fourth-order valence-electron chi connectivity index (χ4n) is 0.962. The van der Waals surface area contributed by atoms with Crippen molar-refractivity contribution in [3.05, 3.63) is 38.4 Å². The van der Waals surface area contributed by atoms with Gasteiger partial charge in [0.15, 0.2) is 0 Å². The van der Waals surface area contributed by atoms with E-state index in [0.717, 1.165) is 0 Å². The lowest BCUT2D eigenvalue weighted by molar-refractivity contribution is -0.384. The second-order valence-electron chi connectivity index (χ2n) is 2.52. The van der Waals surface area contributed by atoms with Crippen molar-refractivity contribution >= 4 is 17.3 Å². The molecule has 0 aliphatic heterocycles. The molecule has 66 valence electrons. The van der Waals surface area contributed by atoms with E-state index >= 15 is 0 Å². The second kappa shape index (κ2) is 3.46. The fraction of sp³-hybridized carbons (Fsp3) is 0.111. The SMILES string of the molecule is C#Cc1cc(Cl)c([N+](=O)[O-])cc1C. The smallest absolute Gasteiger partial charge is 0.258 e. The van der Waals surface area contributed by atoms with Crippen LogP contribution in [0.15, 0.2) is 12.1 Å². The number of nitrogens with zero attached hydrogens (tertiary/aromatic N) is 1. The average Bonchev–Trinajstić information content (AvgIpc) is 2.07. The summed E-state index contributed by atoms with van der Waals surface area (Å²) in [5.74, 6) is 2.40. The van der Waals surface area contributed by atoms with E-state index in [9.17, 15) is 10.1 Å². The summed E-state index contributed by atoms with van der Waals surface area (Å²) in [5.41, 5.74) is 1.15. The van der Waals surface area contributed by atoms with E-state index in [4.69, 9.17) is 18.0 Å². The van der Waals surface area contributed by atoms with Crippen LogP contribution >= 0.6 is 11.6 Å². The van der Waals surface area contributed by atoms with Gasteiger partial charge in [0.2, 0.25) is 0 Å². The lowest BCUT2D eigenvalue weighted by Crippen LogP contribution is -1.92. The highest BCUT2D eigenvalue weighted by Crippen LogP contribution is 2.27. The van der Waals surface area contributed by atoms with Crippen LogP contribution in [0.5, 0.6) is 0 Å². The molecule has 0 spiro atoms. The molecule has 0 aliphatic carbocycles. The normalized spacial score (nSPS) is 9.31. The van der Waals surface area contributed by atoms with Crippen molar-refractivity contribution in [3.63, 3.8) is 0 Å². The summed E-state index contributed by atoms with van der Waals surface area (Å²) in [7, 11) is 0. The summed E-state index contributed by atoms with van der Waals surface area (Å²) in [6, 6.07) is 2.80. The summed E-state index contributed by atoms with van der Waals surface area (Å²) < 4.78 is 0. The number of benzene rings is 1. The maximum atomic E-state index is 10.4. The zero-order valence-corrected chi connectivity index (χ0v) is 7.63. The van der Waals surface area contributed by atoms with Gasteiger partial charge in [-0.3, -0.25) is 10.1 Å². The second-order valence-corrected chi connectivity index (χ2v) is 2.93. The first-order valence-electron chi connectivity index (χ1n) is 3.47. The van der Waals surface area contributed by atoms with Crippen molar-refractivity contribution < 1.29 is 4.92 Å². The third-order valence-electron chi connectivity index (χ3n) is 1.65. The van der Waals surface area contributed by atoms with E-state index in [1.165, 1.54) is 12.1 Å². The Morgan fingerprint density at radius 2 is 2.23 bits per heavy atom. The number of nitro benzene ring substituents is 1. The van der Waals surface area contributed by atoms with E-state index in [1.54, 1.807) is 6.92 Å². The Bertz CT molecular complexity index is 407. The molecule has 0 unspecified atom stereocenters. The minimum absolute atomic E-state index is 0.0727. The zero-order chi connectivity index (χ0) is 10.0. The third kappa shape index (κ3) is 1.79. The standard InChI is InChI=1S/C9H6ClNO2/c1-3-7-5-8(10)9(11(12)13)4-6(7)2/h1,4-5H,2H3. The van der Waals surface area contributed by atoms with E-state index in [2.05, 4.69) is 5.92 Å². The number of terminal acetylenes is 1. The topological polar surface area (TPSA) is 43.1 Å². The molecule has 0 aromatic heterocycles. The Balaban J connectivity index is 3.39. The maximum Gasteiger partial charge on any atom is 0.288 e. The molecular formula is C9H6ClNO2. The molecule has 1 aromatic carbocycles. The molecule has 1 aromatic rings. The molecule has 0 amide bonds. The summed E-state index contributed by atoms with van der Waals surface area (Å²) in [6.07, 6.45) is 5.17. The molecule has 13 heavy (non-hydrogen) atoms. The summed E-state index contributed by atoms with van der Waals surface area (Å²) >= 11 is 5.64. The molecular weight excluding hydrogens is 190 g/mol. The van der Waals surface area contributed by atoms with Gasteiger partial charge in [-0.05, 0) is 18.6 Å². The molecule has 1 rings (SSSR count). The fourth-order valence-corrected chi connectivity index (χ4v) is 1.19. The molecule has 0 bridgehead atoms. The first kappa shape index (κ1) is 9.56. The van der Waals surface area contributed by atoms with Crippen LogP contribution in [0.1, 0.15) is 11.1 Å². The first-order valence-corrected chi connectivity index (χ1v) is 3.85. The Kier molecular flexibility index (Phi) is 2.54. The number of halogens is 1. The van der Waals surface area contributed by atoms with Crippen molar-refractivity contribution in [2.75, 3.05) is 0 Å². The molecule has 0 N–H and O–H groups in total. The highest BCUT2D eigenvalue weighted by Gasteiger charge is 2.13. The van der Waals surface area contributed by atoms with Gasteiger partial charge < -0.3 is 0 Å². The Morgan fingerprint density at radius 3 is 2.69 bits per heavy atom. The predicted octanol–water partition coefficient (Wildman–Crippen LogP) is 2.54. The van der Waals surface area contributed by atoms with E-state index in [1.807, 2.05) is 0 Å². The van der Waals surface area contributed by atoms with Crippen LogP contribution < -0.4 is 0 Å². The molecule has 0 saturated heterocycles. The number of aryl methyl sites for hydroxylation is 1. The van der Waals surface area contributed by atoms with Gasteiger partial charge in [-0.1, -0.05) is 17.5 Å². The summed E-state index contributed by atoms with van der Waals surface area (Å²) in [5, 5.41) is 10.5. The van der Waals surface area contributed by atoms with Crippen LogP contribution in [0.2, 0.25) is 5.02 Å². The van der Waals surface area contributed by atoms with Crippen molar-refractivity contribution in [1.29, 1.82) is 0 Å². The highest BCUT2D eigenvalue weighted by molar-refractivity contribution is 6.32. The van der Waals surface area contributed by atoms with Gasteiger partial charge in [0.25, 0.3) is 5.69 Å². The van der Waals surface area contributed by atoms with Crippen molar-refractivity contribution in [3.8, 4) is 12.3 Å². The van der Waals surface area contributed by atoms with Crippen LogP contribution in [0.4, 0.5) is 5.69 Å². The molecule has 0 fully saturated rings. The maximum absolute atomic E-state index is 10.4. The van der Waals surface area contributed by atoms with E-state index in [0.29, 0.717) is 11.1 Å². The minimum Gasteiger partial charge on any atom is -0.258 e. The van der Waals surface area contributed by atoms with Crippen molar-refractivity contribution in [2.45, 2.75) is 6.92 Å². The van der Waals surface area contributed by atoms with E-state index in [-0.39, 0.29) is 10.7 Å². The first-order chi connectivity index (χ1) is 6.06. The number of hydrogen-bond acceptors (Lipinski definition) is 2. The van der Waals surface area contributed by atoms with Gasteiger partial charge in [0.05, 0.1) is 4.92 Å². The van der Waals surface area contributed by atoms with Gasteiger partial charge in [0, 0.05) is 11.6 Å². The number of hydrogen-bond donors (Lipinski definition) is 0. The van der Waals surface area contributed by atoms with Gasteiger partial charge in [-0.15, -0.1) is 6.42 Å². The van der Waals surface area contributed by atoms with Gasteiger partial charge >= 0.3 is 0 Å². The Morgan fingerprint density at radius 1 is 1.62 bits per heavy atom. The van der Waals surface area contributed by atoms with Crippen LogP contribution in [0.25, 0.3) is 0 Å². The predicted molar refractivity (Wildman–Crippen MR) is 50.8 cm³/mol. The van der Waals surface area contributed by atoms with Crippen molar-refractivity contribution in [2.24, 2.45) is 0 Å². The van der Waals surface area contributed by atoms with Crippen LogP contribution in [-0.4, -0.2) is 4.92 Å². The van der Waals surface area contributed by atoms with Gasteiger partial charge in [-0.2, -0.15) is 0 Å². The van der Waals surface area contributed by atoms with Gasteiger partial charge in [-0.25, -0.2) is 0 Å².